The van der Waals surface area contributed by atoms with Gasteiger partial charge in [0.05, 0.1) is 18.4 Å². The first-order chi connectivity index (χ1) is 15.2. The molecule has 7 rings (SSSR count). The summed E-state index contributed by atoms with van der Waals surface area (Å²) in [6.45, 7) is 0.266. The third-order valence-corrected chi connectivity index (χ3v) is 7.47. The Kier molecular flexibility index (Phi) is 3.82. The Bertz CT molecular complexity index is 1180. The second kappa shape index (κ2) is 6.48. The highest BCUT2D eigenvalue weighted by Crippen LogP contribution is 2.65. The van der Waals surface area contributed by atoms with Crippen molar-refractivity contribution in [1.82, 2.24) is 4.90 Å². The summed E-state index contributed by atoms with van der Waals surface area (Å²) in [7, 11) is 0. The molecule has 0 spiro atoms. The van der Waals surface area contributed by atoms with Crippen LogP contribution in [-0.4, -0.2) is 23.0 Å². The van der Waals surface area contributed by atoms with Gasteiger partial charge in [-0.25, -0.2) is 0 Å². The smallest absolute Gasteiger partial charge is 0.234 e. The van der Waals surface area contributed by atoms with Crippen LogP contribution < -0.4 is 0 Å². The van der Waals surface area contributed by atoms with Gasteiger partial charge in [0.1, 0.15) is 6.29 Å². The van der Waals surface area contributed by atoms with Crippen molar-refractivity contribution >= 4 is 18.1 Å². The first-order valence-corrected chi connectivity index (χ1v) is 10.7. The molecule has 0 saturated carbocycles. The van der Waals surface area contributed by atoms with Gasteiger partial charge in [-0.1, -0.05) is 78.9 Å². The molecule has 4 heteroatoms. The zero-order chi connectivity index (χ0) is 21.2. The maximum Gasteiger partial charge on any atom is 0.234 e. The first-order valence-electron chi connectivity index (χ1n) is 10.7. The number of nitrogens with zero attached hydrogens (tertiary/aromatic N) is 1. The van der Waals surface area contributed by atoms with E-state index in [0.29, 0.717) is 0 Å². The summed E-state index contributed by atoms with van der Waals surface area (Å²) < 4.78 is 0. The van der Waals surface area contributed by atoms with Crippen LogP contribution in [0.1, 0.15) is 40.2 Å². The number of aldehydes is 1. The molecule has 3 aromatic carbocycles. The molecule has 3 aliphatic carbocycles. The molecular weight excluding hydrogens is 386 g/mol. The van der Waals surface area contributed by atoms with Crippen LogP contribution in [0.4, 0.5) is 0 Å². The van der Waals surface area contributed by atoms with Gasteiger partial charge in [0.25, 0.3) is 0 Å². The molecule has 1 saturated heterocycles. The van der Waals surface area contributed by atoms with Gasteiger partial charge in [-0.15, -0.1) is 0 Å². The fourth-order valence-electron chi connectivity index (χ4n) is 6.39. The van der Waals surface area contributed by atoms with Crippen LogP contribution in [0.15, 0.2) is 78.9 Å². The number of hydrogen-bond acceptors (Lipinski definition) is 3. The van der Waals surface area contributed by atoms with E-state index in [1.165, 1.54) is 4.90 Å². The van der Waals surface area contributed by atoms with E-state index in [0.717, 1.165) is 34.1 Å². The van der Waals surface area contributed by atoms with Crippen LogP contribution >= 0.6 is 0 Å². The molecule has 4 nitrogen and oxygen atoms in total. The van der Waals surface area contributed by atoms with Gasteiger partial charge in [0.2, 0.25) is 11.8 Å². The molecule has 2 atom stereocenters. The summed E-state index contributed by atoms with van der Waals surface area (Å²) in [6.07, 6.45) is 1.10. The number of carbonyl (C=O) groups is 3. The molecule has 0 radical (unpaired) electrons. The molecule has 31 heavy (non-hydrogen) atoms. The van der Waals surface area contributed by atoms with E-state index >= 15 is 0 Å². The number of imide groups is 1. The van der Waals surface area contributed by atoms with Crippen LogP contribution in [0.25, 0.3) is 0 Å². The van der Waals surface area contributed by atoms with E-state index in [1.54, 1.807) is 0 Å². The average Bonchev–Trinajstić information content (AvgIpc) is 3.06. The highest BCUT2D eigenvalue weighted by atomic mass is 16.2. The zero-order valence-electron chi connectivity index (χ0n) is 16.9. The van der Waals surface area contributed by atoms with Crippen molar-refractivity contribution in [3.05, 3.63) is 107 Å². The fraction of sp³-hybridized carbons (Fsp3) is 0.222. The lowest BCUT2D eigenvalue weighted by Crippen LogP contribution is -2.53. The molecule has 2 bridgehead atoms. The first kappa shape index (κ1) is 18.3. The van der Waals surface area contributed by atoms with E-state index in [2.05, 4.69) is 12.1 Å². The lowest BCUT2D eigenvalue weighted by molar-refractivity contribution is -0.140. The predicted octanol–water partition coefficient (Wildman–Crippen LogP) is 3.82. The Labute approximate surface area is 180 Å². The number of rotatable bonds is 4. The minimum Gasteiger partial charge on any atom is -0.303 e. The molecule has 4 aliphatic rings. The lowest BCUT2D eigenvalue weighted by atomic mass is 9.46. The van der Waals surface area contributed by atoms with Gasteiger partial charge < -0.3 is 4.79 Å². The van der Waals surface area contributed by atoms with E-state index in [9.17, 15) is 14.4 Å². The second-order valence-electron chi connectivity index (χ2n) is 8.75. The van der Waals surface area contributed by atoms with Gasteiger partial charge in [-0.05, 0) is 27.8 Å². The van der Waals surface area contributed by atoms with Gasteiger partial charge in [0, 0.05) is 17.8 Å². The summed E-state index contributed by atoms with van der Waals surface area (Å²) in [5, 5.41) is 0. The number of carbonyl (C=O) groups excluding carboxylic acids is 3. The van der Waals surface area contributed by atoms with Gasteiger partial charge in [-0.2, -0.15) is 0 Å². The van der Waals surface area contributed by atoms with Crippen molar-refractivity contribution in [3.8, 4) is 0 Å². The highest BCUT2D eigenvalue weighted by molar-refractivity contribution is 6.08. The molecule has 1 fully saturated rings. The van der Waals surface area contributed by atoms with E-state index in [-0.39, 0.29) is 30.7 Å². The minimum absolute atomic E-state index is 0.122. The van der Waals surface area contributed by atoms with Crippen molar-refractivity contribution < 1.29 is 14.4 Å². The van der Waals surface area contributed by atoms with E-state index in [4.69, 9.17) is 0 Å². The van der Waals surface area contributed by atoms with Crippen molar-refractivity contribution in [3.63, 3.8) is 0 Å². The molecule has 3 aromatic rings. The monoisotopic (exact) mass is 407 g/mol. The van der Waals surface area contributed by atoms with Crippen molar-refractivity contribution in [1.29, 1.82) is 0 Å². The Hall–Kier alpha value is -3.53. The van der Waals surface area contributed by atoms with Crippen LogP contribution in [0.2, 0.25) is 0 Å². The summed E-state index contributed by atoms with van der Waals surface area (Å²) in [6, 6.07) is 25.7. The summed E-state index contributed by atoms with van der Waals surface area (Å²) in [5.74, 6) is -1.47. The zero-order valence-corrected chi connectivity index (χ0v) is 16.9. The lowest BCUT2D eigenvalue weighted by Gasteiger charge is -2.53. The van der Waals surface area contributed by atoms with Crippen LogP contribution in [-0.2, 0) is 26.3 Å². The van der Waals surface area contributed by atoms with Crippen molar-refractivity contribution in [2.24, 2.45) is 11.8 Å². The SMILES string of the molecule is O=CCC12c3ccccc3C(c3ccccc31)C1C(=O)N(Cc3ccccc3)C(=O)C12. The minimum atomic E-state index is -0.799. The molecule has 1 aliphatic heterocycles. The Morgan fingerprint density at radius 1 is 0.774 bits per heavy atom. The van der Waals surface area contributed by atoms with Gasteiger partial charge in [-0.3, -0.25) is 14.5 Å². The fourth-order valence-corrected chi connectivity index (χ4v) is 6.39. The van der Waals surface area contributed by atoms with Crippen molar-refractivity contribution in [2.45, 2.75) is 24.3 Å². The summed E-state index contributed by atoms with van der Waals surface area (Å²) in [5.41, 5.74) is 4.32. The third-order valence-electron chi connectivity index (χ3n) is 7.47. The van der Waals surface area contributed by atoms with E-state index in [1.807, 2.05) is 66.7 Å². The summed E-state index contributed by atoms with van der Waals surface area (Å²) >= 11 is 0. The van der Waals surface area contributed by atoms with Crippen molar-refractivity contribution in [2.75, 3.05) is 0 Å². The van der Waals surface area contributed by atoms with Gasteiger partial charge >= 0.3 is 0 Å². The molecule has 1 heterocycles. The topological polar surface area (TPSA) is 54.5 Å². The standard InChI is InChI=1S/C27H21NO3/c29-15-14-27-20-12-6-4-10-18(20)22(19-11-5-7-13-21(19)27)23-24(27)26(31)28(25(23)30)16-17-8-2-1-3-9-17/h1-13,15,22-24H,14,16H2. The number of amides is 2. The Balaban J connectivity index is 1.58. The van der Waals surface area contributed by atoms with Crippen LogP contribution in [0.5, 0.6) is 0 Å². The maximum atomic E-state index is 13.8. The van der Waals surface area contributed by atoms with Crippen LogP contribution in [0.3, 0.4) is 0 Å². The Morgan fingerprint density at radius 3 is 1.97 bits per heavy atom. The Morgan fingerprint density at radius 2 is 1.35 bits per heavy atom. The number of benzene rings is 3. The molecule has 2 amide bonds. The third kappa shape index (κ3) is 2.22. The van der Waals surface area contributed by atoms with Gasteiger partial charge in [0.15, 0.2) is 0 Å². The average molecular weight is 407 g/mol. The highest BCUT2D eigenvalue weighted by Gasteiger charge is 2.67. The quantitative estimate of drug-likeness (QED) is 0.488. The summed E-state index contributed by atoms with van der Waals surface area (Å²) in [4.78, 5) is 41.0. The van der Waals surface area contributed by atoms with E-state index < -0.39 is 17.3 Å². The number of likely N-dealkylation sites (tertiary alicyclic amines) is 1. The largest absolute Gasteiger partial charge is 0.303 e. The predicted molar refractivity (Wildman–Crippen MR) is 115 cm³/mol. The molecular formula is C27H21NO3. The maximum absolute atomic E-state index is 13.8. The molecule has 0 N–H and O–H groups in total. The second-order valence-corrected chi connectivity index (χ2v) is 8.75. The molecule has 0 aromatic heterocycles. The molecule has 2 unspecified atom stereocenters. The van der Waals surface area contributed by atoms with Crippen LogP contribution in [0, 0.1) is 11.8 Å². The number of hydrogen-bond donors (Lipinski definition) is 0. The molecule has 152 valence electrons. The normalized spacial score (nSPS) is 27.6.